The molecule has 0 aliphatic carbocycles. The zero-order valence-electron chi connectivity index (χ0n) is 13.4. The molecule has 6 heteroatoms. The molecule has 0 N–H and O–H groups in total. The molecule has 2 rings (SSSR count). The van der Waals surface area contributed by atoms with E-state index in [1.807, 2.05) is 0 Å². The van der Waals surface area contributed by atoms with Crippen molar-refractivity contribution >= 4 is 6.09 Å². The molecule has 0 unspecified atom stereocenters. The Hall–Kier alpha value is -1.98. The van der Waals surface area contributed by atoms with E-state index >= 15 is 0 Å². The zero-order valence-corrected chi connectivity index (χ0v) is 13.4. The maximum Gasteiger partial charge on any atom is 0.410 e. The van der Waals surface area contributed by atoms with Crippen LogP contribution in [0.15, 0.2) is 35.9 Å². The number of benzene rings is 1. The van der Waals surface area contributed by atoms with Crippen LogP contribution in [0.3, 0.4) is 0 Å². The van der Waals surface area contributed by atoms with Gasteiger partial charge in [-0.2, -0.15) is 8.78 Å². The van der Waals surface area contributed by atoms with Crippen LogP contribution in [-0.4, -0.2) is 35.6 Å². The number of ether oxygens (including phenoxy) is 1. The predicted molar refractivity (Wildman–Crippen MR) is 80.9 cm³/mol. The van der Waals surface area contributed by atoms with Gasteiger partial charge in [-0.05, 0) is 44.9 Å². The van der Waals surface area contributed by atoms with Crippen LogP contribution < -0.4 is 0 Å². The molecule has 1 aromatic rings. The molecule has 1 aromatic carbocycles. The van der Waals surface area contributed by atoms with E-state index in [-0.39, 0.29) is 18.5 Å². The highest BCUT2D eigenvalue weighted by Gasteiger charge is 2.41. The smallest absolute Gasteiger partial charge is 0.410 e. The fourth-order valence-corrected chi connectivity index (χ4v) is 2.26. The van der Waals surface area contributed by atoms with Crippen molar-refractivity contribution in [2.24, 2.45) is 0 Å². The second-order valence-electron chi connectivity index (χ2n) is 6.60. The van der Waals surface area contributed by atoms with Gasteiger partial charge in [0.15, 0.2) is 0 Å². The van der Waals surface area contributed by atoms with Crippen LogP contribution in [-0.2, 0) is 11.2 Å². The molecule has 1 heterocycles. The predicted octanol–water partition coefficient (Wildman–Crippen LogP) is 4.18. The Morgan fingerprint density at radius 3 is 2.39 bits per heavy atom. The van der Waals surface area contributed by atoms with E-state index in [0.29, 0.717) is 5.56 Å². The maximum absolute atomic E-state index is 14.3. The van der Waals surface area contributed by atoms with E-state index in [4.69, 9.17) is 4.74 Å². The average molecular weight is 327 g/mol. The average Bonchev–Trinajstić information content (AvgIpc) is 2.41. The summed E-state index contributed by atoms with van der Waals surface area (Å²) in [6, 6.07) is 5.44. The minimum Gasteiger partial charge on any atom is -0.444 e. The van der Waals surface area contributed by atoms with Crippen molar-refractivity contribution in [1.82, 2.24) is 4.90 Å². The molecule has 0 spiro atoms. The molecule has 0 atom stereocenters. The summed E-state index contributed by atoms with van der Waals surface area (Å²) in [7, 11) is 0. The van der Waals surface area contributed by atoms with E-state index in [0.717, 1.165) is 4.90 Å². The van der Waals surface area contributed by atoms with Gasteiger partial charge in [-0.1, -0.05) is 18.2 Å². The monoisotopic (exact) mass is 327 g/mol. The van der Waals surface area contributed by atoms with Crippen LogP contribution in [0.2, 0.25) is 0 Å². The molecule has 1 aliphatic rings. The highest BCUT2D eigenvalue weighted by atomic mass is 19.3. The van der Waals surface area contributed by atoms with Gasteiger partial charge >= 0.3 is 6.09 Å². The minimum absolute atomic E-state index is 0.0233. The molecule has 0 saturated heterocycles. The third kappa shape index (κ3) is 4.74. The van der Waals surface area contributed by atoms with Crippen molar-refractivity contribution in [3.8, 4) is 0 Å². The molecule has 3 nitrogen and oxygen atoms in total. The molecule has 0 saturated carbocycles. The van der Waals surface area contributed by atoms with Gasteiger partial charge in [0, 0.05) is 12.1 Å². The summed E-state index contributed by atoms with van der Waals surface area (Å²) in [6.07, 6.45) is 0.612. The van der Waals surface area contributed by atoms with Crippen molar-refractivity contribution in [3.63, 3.8) is 0 Å². The van der Waals surface area contributed by atoms with Crippen molar-refractivity contribution in [2.75, 3.05) is 13.1 Å². The van der Waals surface area contributed by atoms with Crippen LogP contribution in [0.1, 0.15) is 26.3 Å². The molecule has 126 valence electrons. The lowest BCUT2D eigenvalue weighted by atomic mass is 9.96. The van der Waals surface area contributed by atoms with Crippen LogP contribution in [0.4, 0.5) is 18.0 Å². The Morgan fingerprint density at radius 2 is 1.87 bits per heavy atom. The highest BCUT2D eigenvalue weighted by Crippen LogP contribution is 2.32. The molecular formula is C17H20F3NO2. The number of rotatable bonds is 2. The van der Waals surface area contributed by atoms with Crippen molar-refractivity contribution in [2.45, 2.75) is 38.7 Å². The number of carbonyl (C=O) groups is 1. The Bertz CT molecular complexity index is 603. The number of carbonyl (C=O) groups excluding carboxylic acids is 1. The molecule has 0 bridgehead atoms. The van der Waals surface area contributed by atoms with Gasteiger partial charge in [-0.25, -0.2) is 9.18 Å². The number of hydrogen-bond acceptors (Lipinski definition) is 2. The molecule has 0 aromatic heterocycles. The van der Waals surface area contributed by atoms with E-state index in [1.54, 1.807) is 20.8 Å². The summed E-state index contributed by atoms with van der Waals surface area (Å²) < 4.78 is 46.6. The maximum atomic E-state index is 14.3. The second-order valence-corrected chi connectivity index (χ2v) is 6.60. The van der Waals surface area contributed by atoms with Gasteiger partial charge in [0.25, 0.3) is 5.92 Å². The number of halogens is 3. The largest absolute Gasteiger partial charge is 0.444 e. The highest BCUT2D eigenvalue weighted by molar-refractivity contribution is 5.69. The topological polar surface area (TPSA) is 29.5 Å². The zero-order chi connectivity index (χ0) is 17.3. The number of hydrogen-bond donors (Lipinski definition) is 0. The van der Waals surface area contributed by atoms with E-state index in [9.17, 15) is 18.0 Å². The lowest BCUT2D eigenvalue weighted by Crippen LogP contribution is -2.47. The lowest BCUT2D eigenvalue weighted by Gasteiger charge is -2.34. The van der Waals surface area contributed by atoms with Gasteiger partial charge in [-0.3, -0.25) is 4.90 Å². The van der Waals surface area contributed by atoms with Crippen molar-refractivity contribution in [1.29, 1.82) is 0 Å². The van der Waals surface area contributed by atoms with Crippen LogP contribution in [0, 0.1) is 5.82 Å². The van der Waals surface area contributed by atoms with Crippen LogP contribution in [0.5, 0.6) is 0 Å². The Kier molecular flexibility index (Phi) is 4.73. The van der Waals surface area contributed by atoms with Gasteiger partial charge in [0.2, 0.25) is 0 Å². The molecule has 23 heavy (non-hydrogen) atoms. The lowest BCUT2D eigenvalue weighted by molar-refractivity contribution is -0.0244. The number of nitrogens with zero attached hydrogens (tertiary/aromatic N) is 1. The van der Waals surface area contributed by atoms with Gasteiger partial charge in [0.1, 0.15) is 11.4 Å². The normalized spacial score (nSPS) is 17.7. The second kappa shape index (κ2) is 6.26. The molecular weight excluding hydrogens is 307 g/mol. The summed E-state index contributed by atoms with van der Waals surface area (Å²) in [6.45, 7) is 4.41. The Morgan fingerprint density at radius 1 is 1.26 bits per heavy atom. The Labute approximate surface area is 133 Å². The van der Waals surface area contributed by atoms with Gasteiger partial charge in [0.05, 0.1) is 6.54 Å². The summed E-state index contributed by atoms with van der Waals surface area (Å²) in [4.78, 5) is 12.9. The first kappa shape index (κ1) is 17.4. The van der Waals surface area contributed by atoms with E-state index < -0.39 is 30.0 Å². The SMILES string of the molecule is CC(C)(C)OC(=O)N1CC=C(Cc2ccc(F)cc2)C(F)(F)C1. The standard InChI is InChI=1S/C17H20F3NO2/c1-16(2,3)23-15(22)21-9-8-13(17(19,20)11-21)10-12-4-6-14(18)7-5-12/h4-8H,9-11H2,1-3H3. The Balaban J connectivity index is 2.09. The summed E-state index contributed by atoms with van der Waals surface area (Å²) in [5.74, 6) is -3.54. The molecule has 0 radical (unpaired) electrons. The molecule has 1 aliphatic heterocycles. The fourth-order valence-electron chi connectivity index (χ4n) is 2.26. The fraction of sp³-hybridized carbons (Fsp3) is 0.471. The molecule has 1 amide bonds. The van der Waals surface area contributed by atoms with E-state index in [2.05, 4.69) is 0 Å². The number of alkyl halides is 2. The van der Waals surface area contributed by atoms with Crippen LogP contribution >= 0.6 is 0 Å². The first-order valence-electron chi connectivity index (χ1n) is 7.36. The van der Waals surface area contributed by atoms with Gasteiger partial charge in [-0.15, -0.1) is 0 Å². The summed E-state index contributed by atoms with van der Waals surface area (Å²) in [5, 5.41) is 0. The third-order valence-corrected chi connectivity index (χ3v) is 3.38. The summed E-state index contributed by atoms with van der Waals surface area (Å²) in [5.41, 5.74) is -0.197. The first-order valence-corrected chi connectivity index (χ1v) is 7.36. The van der Waals surface area contributed by atoms with Crippen LogP contribution in [0.25, 0.3) is 0 Å². The number of amides is 1. The van der Waals surface area contributed by atoms with Gasteiger partial charge < -0.3 is 4.74 Å². The quantitative estimate of drug-likeness (QED) is 0.763. The minimum atomic E-state index is -3.14. The van der Waals surface area contributed by atoms with Crippen molar-refractivity contribution < 1.29 is 22.7 Å². The van der Waals surface area contributed by atoms with E-state index in [1.165, 1.54) is 30.3 Å². The first-order chi connectivity index (χ1) is 10.6. The van der Waals surface area contributed by atoms with Crippen molar-refractivity contribution in [3.05, 3.63) is 47.3 Å². The molecule has 0 fully saturated rings. The summed E-state index contributed by atoms with van der Waals surface area (Å²) >= 11 is 0. The third-order valence-electron chi connectivity index (χ3n) is 3.38.